The minimum absolute atomic E-state index is 0.164. The van der Waals surface area contributed by atoms with Crippen LogP contribution in [-0.4, -0.2) is 40.0 Å². The zero-order valence-electron chi connectivity index (χ0n) is 14.3. The lowest BCUT2D eigenvalue weighted by atomic mass is 9.92. The van der Waals surface area contributed by atoms with Crippen molar-refractivity contribution in [3.8, 4) is 0 Å². The van der Waals surface area contributed by atoms with E-state index in [1.807, 2.05) is 24.3 Å². The summed E-state index contributed by atoms with van der Waals surface area (Å²) < 4.78 is 0. The molecule has 1 aromatic carbocycles. The zero-order chi connectivity index (χ0) is 18.7. The van der Waals surface area contributed by atoms with Gasteiger partial charge in [0.15, 0.2) is 0 Å². The number of carboxylic acid groups (broad SMARTS) is 1. The number of nitrogens with zero attached hydrogens (tertiary/aromatic N) is 2. The number of benzene rings is 1. The van der Waals surface area contributed by atoms with Gasteiger partial charge in [0, 0.05) is 30.0 Å². The first-order valence-corrected chi connectivity index (χ1v) is 8.72. The molecule has 0 spiro atoms. The number of likely N-dealkylation sites (N-methyl/N-ethyl adjacent to an activating group) is 1. The number of amides is 1. The highest BCUT2D eigenvalue weighted by atomic mass is 35.5. The summed E-state index contributed by atoms with van der Waals surface area (Å²) in [6, 6.07) is 9.84. The Morgan fingerprint density at radius 2 is 2.04 bits per heavy atom. The van der Waals surface area contributed by atoms with Gasteiger partial charge < -0.3 is 10.4 Å². The number of rotatable bonds is 5. The summed E-state index contributed by atoms with van der Waals surface area (Å²) >= 11 is 6.10. The zero-order valence-corrected chi connectivity index (χ0v) is 15.1. The molecule has 0 saturated carbocycles. The molecule has 2 heterocycles. The van der Waals surface area contributed by atoms with E-state index in [1.165, 1.54) is 0 Å². The molecule has 0 unspecified atom stereocenters. The third-order valence-corrected chi connectivity index (χ3v) is 5.05. The van der Waals surface area contributed by atoms with Crippen LogP contribution < -0.4 is 5.32 Å². The number of carboxylic acids is 1. The normalized spacial score (nSPS) is 22.9. The Morgan fingerprint density at radius 3 is 2.69 bits per heavy atom. The molecule has 26 heavy (non-hydrogen) atoms. The predicted molar refractivity (Wildman–Crippen MR) is 97.6 cm³/mol. The molecule has 1 aliphatic rings. The number of hydrogen-bond donors (Lipinski definition) is 2. The minimum atomic E-state index is -0.927. The Morgan fingerprint density at radius 1 is 1.31 bits per heavy atom. The number of aliphatic carboxylic acids is 1. The van der Waals surface area contributed by atoms with Crippen LogP contribution in [0.15, 0.2) is 48.8 Å². The van der Waals surface area contributed by atoms with Crippen LogP contribution in [0.4, 0.5) is 0 Å². The molecule has 3 atom stereocenters. The maximum absolute atomic E-state index is 12.8. The second-order valence-corrected chi connectivity index (χ2v) is 6.87. The lowest BCUT2D eigenvalue weighted by molar-refractivity contribution is -0.142. The molecule has 2 aromatic rings. The van der Waals surface area contributed by atoms with Gasteiger partial charge in [-0.2, -0.15) is 0 Å². The second-order valence-electron chi connectivity index (χ2n) is 6.43. The standard InChI is InChI=1S/C19H20ClN3O3/c1-23-16(19(25)26)10-15(17(23)13-3-2-4-14(20)9-13)18(24)22-11-12-5-7-21-8-6-12/h2-9,15-17H,10-11H2,1H3,(H,22,24)(H,25,26)/t15-,16-,17-/m0/s1. The molecule has 7 heteroatoms. The first-order valence-electron chi connectivity index (χ1n) is 8.34. The maximum Gasteiger partial charge on any atom is 0.320 e. The van der Waals surface area contributed by atoms with E-state index in [0.29, 0.717) is 11.6 Å². The summed E-state index contributed by atoms with van der Waals surface area (Å²) in [7, 11) is 1.74. The van der Waals surface area contributed by atoms with Crippen molar-refractivity contribution in [1.82, 2.24) is 15.2 Å². The van der Waals surface area contributed by atoms with Crippen molar-refractivity contribution in [3.63, 3.8) is 0 Å². The van der Waals surface area contributed by atoms with Crippen LogP contribution in [-0.2, 0) is 16.1 Å². The van der Waals surface area contributed by atoms with Crippen molar-refractivity contribution < 1.29 is 14.7 Å². The van der Waals surface area contributed by atoms with E-state index in [-0.39, 0.29) is 18.4 Å². The number of nitrogens with one attached hydrogen (secondary N) is 1. The molecule has 1 aliphatic heterocycles. The predicted octanol–water partition coefficient (Wildman–Crippen LogP) is 2.50. The highest BCUT2D eigenvalue weighted by molar-refractivity contribution is 6.30. The molecule has 136 valence electrons. The monoisotopic (exact) mass is 373 g/mol. The van der Waals surface area contributed by atoms with Gasteiger partial charge in [0.2, 0.25) is 5.91 Å². The molecular weight excluding hydrogens is 354 g/mol. The van der Waals surface area contributed by atoms with Crippen molar-refractivity contribution in [2.75, 3.05) is 7.05 Å². The topological polar surface area (TPSA) is 82.5 Å². The molecule has 1 amide bonds. The van der Waals surface area contributed by atoms with Crippen molar-refractivity contribution in [3.05, 3.63) is 64.9 Å². The number of pyridine rings is 1. The van der Waals surface area contributed by atoms with Gasteiger partial charge in [-0.05, 0) is 48.9 Å². The summed E-state index contributed by atoms with van der Waals surface area (Å²) in [6.07, 6.45) is 3.59. The smallest absolute Gasteiger partial charge is 0.320 e. The second kappa shape index (κ2) is 7.85. The third-order valence-electron chi connectivity index (χ3n) is 4.82. The molecule has 0 aliphatic carbocycles. The fourth-order valence-corrected chi connectivity index (χ4v) is 3.72. The van der Waals surface area contributed by atoms with E-state index in [0.717, 1.165) is 11.1 Å². The van der Waals surface area contributed by atoms with Gasteiger partial charge in [-0.25, -0.2) is 0 Å². The number of aromatic nitrogens is 1. The van der Waals surface area contributed by atoms with Gasteiger partial charge in [-0.1, -0.05) is 23.7 Å². The van der Waals surface area contributed by atoms with Crippen LogP contribution in [0.2, 0.25) is 5.02 Å². The SMILES string of the molecule is CN1[C@H](C(=O)O)C[C@H](C(=O)NCc2ccncc2)[C@@H]1c1cccc(Cl)c1. The largest absolute Gasteiger partial charge is 0.480 e. The average Bonchev–Trinajstić information content (AvgIpc) is 2.98. The summed E-state index contributed by atoms with van der Waals surface area (Å²) in [4.78, 5) is 30.1. The number of likely N-dealkylation sites (tertiary alicyclic amines) is 1. The fraction of sp³-hybridized carbons (Fsp3) is 0.316. The molecular formula is C19H20ClN3O3. The highest BCUT2D eigenvalue weighted by Crippen LogP contribution is 2.40. The number of carbonyl (C=O) groups excluding carboxylic acids is 1. The molecule has 3 rings (SSSR count). The van der Waals surface area contributed by atoms with Crippen molar-refractivity contribution in [2.45, 2.75) is 25.0 Å². The molecule has 1 aromatic heterocycles. The van der Waals surface area contributed by atoms with Crippen LogP contribution in [0.25, 0.3) is 0 Å². The van der Waals surface area contributed by atoms with Crippen molar-refractivity contribution in [2.24, 2.45) is 5.92 Å². The molecule has 2 N–H and O–H groups in total. The maximum atomic E-state index is 12.8. The van der Waals surface area contributed by atoms with Gasteiger partial charge in [0.25, 0.3) is 0 Å². The first-order chi connectivity index (χ1) is 12.5. The van der Waals surface area contributed by atoms with Crippen molar-refractivity contribution in [1.29, 1.82) is 0 Å². The van der Waals surface area contributed by atoms with Crippen LogP contribution in [0.1, 0.15) is 23.6 Å². The minimum Gasteiger partial charge on any atom is -0.480 e. The van der Waals surface area contributed by atoms with E-state index in [9.17, 15) is 14.7 Å². The van der Waals surface area contributed by atoms with Gasteiger partial charge in [-0.15, -0.1) is 0 Å². The Labute approximate surface area is 156 Å². The van der Waals surface area contributed by atoms with E-state index in [4.69, 9.17) is 11.6 Å². The highest BCUT2D eigenvalue weighted by Gasteiger charge is 2.46. The number of halogens is 1. The Bertz CT molecular complexity index is 800. The van der Waals surface area contributed by atoms with Gasteiger partial charge in [0.05, 0.1) is 5.92 Å². The molecule has 0 bridgehead atoms. The Hall–Kier alpha value is -2.44. The van der Waals surface area contributed by atoms with E-state index in [2.05, 4.69) is 10.3 Å². The van der Waals surface area contributed by atoms with Gasteiger partial charge in [0.1, 0.15) is 6.04 Å². The van der Waals surface area contributed by atoms with Crippen LogP contribution in [0.5, 0.6) is 0 Å². The molecule has 1 saturated heterocycles. The Balaban J connectivity index is 1.82. The van der Waals surface area contributed by atoms with E-state index >= 15 is 0 Å². The van der Waals surface area contributed by atoms with Crippen LogP contribution in [0.3, 0.4) is 0 Å². The fourth-order valence-electron chi connectivity index (χ4n) is 3.52. The quantitative estimate of drug-likeness (QED) is 0.841. The summed E-state index contributed by atoms with van der Waals surface area (Å²) in [6.45, 7) is 0.377. The van der Waals surface area contributed by atoms with Crippen LogP contribution in [0, 0.1) is 5.92 Å². The molecule has 0 radical (unpaired) electrons. The first kappa shape index (κ1) is 18.4. The average molecular weight is 374 g/mol. The number of hydrogen-bond acceptors (Lipinski definition) is 4. The van der Waals surface area contributed by atoms with Crippen molar-refractivity contribution >= 4 is 23.5 Å². The third kappa shape index (κ3) is 3.86. The van der Waals surface area contributed by atoms with Gasteiger partial charge >= 0.3 is 5.97 Å². The molecule has 1 fully saturated rings. The van der Waals surface area contributed by atoms with Gasteiger partial charge in [-0.3, -0.25) is 19.5 Å². The van der Waals surface area contributed by atoms with E-state index < -0.39 is 17.9 Å². The number of carbonyl (C=O) groups is 2. The summed E-state index contributed by atoms with van der Waals surface area (Å²) in [5.41, 5.74) is 1.78. The van der Waals surface area contributed by atoms with E-state index in [1.54, 1.807) is 36.5 Å². The lowest BCUT2D eigenvalue weighted by Crippen LogP contribution is -2.35. The lowest BCUT2D eigenvalue weighted by Gasteiger charge is -2.26. The summed E-state index contributed by atoms with van der Waals surface area (Å²) in [5.74, 6) is -1.56. The Kier molecular flexibility index (Phi) is 5.54. The molecule has 6 nitrogen and oxygen atoms in total. The summed E-state index contributed by atoms with van der Waals surface area (Å²) in [5, 5.41) is 13.0. The van der Waals surface area contributed by atoms with Crippen LogP contribution >= 0.6 is 11.6 Å².